The number of rotatable bonds is 2. The van der Waals surface area contributed by atoms with Crippen LogP contribution in [0.3, 0.4) is 0 Å². The number of aromatic amines is 1. The highest BCUT2D eigenvalue weighted by atomic mass is 16.5. The lowest BCUT2D eigenvalue weighted by molar-refractivity contribution is -0.0358. The number of aromatic nitrogens is 2. The molecule has 0 spiro atoms. The Labute approximate surface area is 206 Å². The van der Waals surface area contributed by atoms with Gasteiger partial charge in [-0.15, -0.1) is 0 Å². The van der Waals surface area contributed by atoms with Gasteiger partial charge in [-0.3, -0.25) is 0 Å². The number of amides is 2. The Morgan fingerprint density at radius 2 is 2.09 bits per heavy atom. The van der Waals surface area contributed by atoms with E-state index in [0.29, 0.717) is 32.3 Å². The summed E-state index contributed by atoms with van der Waals surface area (Å²) in [6.45, 7) is 10.6. The molecule has 1 unspecified atom stereocenters. The summed E-state index contributed by atoms with van der Waals surface area (Å²) in [4.78, 5) is 25.6. The summed E-state index contributed by atoms with van der Waals surface area (Å²) in [7, 11) is 0. The van der Waals surface area contributed by atoms with E-state index in [2.05, 4.69) is 54.3 Å². The van der Waals surface area contributed by atoms with E-state index in [1.807, 2.05) is 22.2 Å². The van der Waals surface area contributed by atoms with Gasteiger partial charge in [0, 0.05) is 49.0 Å². The summed E-state index contributed by atoms with van der Waals surface area (Å²) < 4.78 is 5.65. The van der Waals surface area contributed by atoms with E-state index in [1.54, 1.807) is 0 Å². The molecule has 0 aliphatic carbocycles. The Morgan fingerprint density at radius 3 is 2.89 bits per heavy atom. The SMILES string of the molecule is Cc1c[nH]c2ncc(-c3cc4c(c(C5CCCN5)c3)CN(C(=O)N3CCOCC3(C)C)CC4)cc12. The molecule has 35 heavy (non-hydrogen) atoms. The highest BCUT2D eigenvalue weighted by molar-refractivity contribution is 5.85. The molecule has 2 fully saturated rings. The molecule has 3 aliphatic heterocycles. The van der Waals surface area contributed by atoms with Crippen molar-refractivity contribution in [1.29, 1.82) is 0 Å². The summed E-state index contributed by atoms with van der Waals surface area (Å²) in [6, 6.07) is 7.40. The zero-order valence-electron chi connectivity index (χ0n) is 21.0. The fraction of sp³-hybridized carbons (Fsp3) is 0.500. The number of morpholine rings is 1. The molecule has 7 heteroatoms. The van der Waals surface area contributed by atoms with Crippen molar-refractivity contribution in [3.05, 3.63) is 52.8 Å². The molecule has 5 heterocycles. The zero-order chi connectivity index (χ0) is 24.2. The topological polar surface area (TPSA) is 73.5 Å². The van der Waals surface area contributed by atoms with Crippen LogP contribution in [-0.2, 0) is 17.7 Å². The molecule has 2 amide bonds. The zero-order valence-corrected chi connectivity index (χ0v) is 21.0. The van der Waals surface area contributed by atoms with Gasteiger partial charge >= 0.3 is 6.03 Å². The second-order valence-electron chi connectivity index (χ2n) is 10.9. The number of nitrogens with zero attached hydrogens (tertiary/aromatic N) is 3. The van der Waals surface area contributed by atoms with E-state index in [1.165, 1.54) is 39.6 Å². The number of fused-ring (bicyclic) bond motifs is 2. The van der Waals surface area contributed by atoms with Gasteiger partial charge in [-0.1, -0.05) is 6.07 Å². The highest BCUT2D eigenvalue weighted by Crippen LogP contribution is 2.37. The van der Waals surface area contributed by atoms with E-state index in [-0.39, 0.29) is 11.6 Å². The van der Waals surface area contributed by atoms with Crippen molar-refractivity contribution in [2.75, 3.05) is 32.8 Å². The maximum Gasteiger partial charge on any atom is 0.320 e. The monoisotopic (exact) mass is 473 g/mol. The third kappa shape index (κ3) is 4.00. The number of pyridine rings is 1. The van der Waals surface area contributed by atoms with Crippen LogP contribution >= 0.6 is 0 Å². The highest BCUT2D eigenvalue weighted by Gasteiger charge is 2.38. The van der Waals surface area contributed by atoms with Gasteiger partial charge in [-0.25, -0.2) is 9.78 Å². The molecule has 0 radical (unpaired) electrons. The number of hydrogen-bond donors (Lipinski definition) is 2. The van der Waals surface area contributed by atoms with Crippen molar-refractivity contribution in [2.24, 2.45) is 0 Å². The molecule has 3 aliphatic rings. The number of hydrogen-bond acceptors (Lipinski definition) is 4. The molecule has 6 rings (SSSR count). The van der Waals surface area contributed by atoms with E-state index in [4.69, 9.17) is 4.74 Å². The summed E-state index contributed by atoms with van der Waals surface area (Å²) in [6.07, 6.45) is 7.19. The van der Waals surface area contributed by atoms with Gasteiger partial charge < -0.3 is 24.8 Å². The number of H-pyrrole nitrogens is 1. The molecular formula is C28H35N5O2. The predicted molar refractivity (Wildman–Crippen MR) is 137 cm³/mol. The van der Waals surface area contributed by atoms with Crippen LogP contribution in [0.2, 0.25) is 0 Å². The van der Waals surface area contributed by atoms with Gasteiger partial charge in [-0.05, 0) is 86.5 Å². The molecule has 2 saturated heterocycles. The number of nitrogens with one attached hydrogen (secondary N) is 2. The molecule has 2 N–H and O–H groups in total. The van der Waals surface area contributed by atoms with Crippen LogP contribution in [0, 0.1) is 6.92 Å². The van der Waals surface area contributed by atoms with Gasteiger partial charge in [-0.2, -0.15) is 0 Å². The van der Waals surface area contributed by atoms with Gasteiger partial charge in [0.1, 0.15) is 5.65 Å². The molecular weight excluding hydrogens is 438 g/mol. The summed E-state index contributed by atoms with van der Waals surface area (Å²) >= 11 is 0. The minimum atomic E-state index is -0.280. The first-order valence-electron chi connectivity index (χ1n) is 12.9. The van der Waals surface area contributed by atoms with Gasteiger partial charge in [0.05, 0.1) is 18.8 Å². The van der Waals surface area contributed by atoms with Gasteiger partial charge in [0.25, 0.3) is 0 Å². The van der Waals surface area contributed by atoms with Crippen molar-refractivity contribution in [2.45, 2.75) is 58.2 Å². The molecule has 2 aromatic heterocycles. The van der Waals surface area contributed by atoms with Crippen LogP contribution in [0.25, 0.3) is 22.2 Å². The molecule has 7 nitrogen and oxygen atoms in total. The van der Waals surface area contributed by atoms with Crippen LogP contribution in [0.1, 0.15) is 55.0 Å². The predicted octanol–water partition coefficient (Wildman–Crippen LogP) is 4.55. The summed E-state index contributed by atoms with van der Waals surface area (Å²) in [5, 5.41) is 4.88. The molecule has 0 saturated carbocycles. The Kier molecular flexibility index (Phi) is 5.57. The maximum atomic E-state index is 13.6. The molecule has 1 aromatic carbocycles. The first-order chi connectivity index (χ1) is 16.9. The number of carbonyl (C=O) groups is 1. The van der Waals surface area contributed by atoms with Crippen LogP contribution in [-0.4, -0.2) is 64.2 Å². The molecule has 1 atom stereocenters. The Hall–Kier alpha value is -2.90. The molecule has 0 bridgehead atoms. The number of urea groups is 1. The Morgan fingerprint density at radius 1 is 1.20 bits per heavy atom. The van der Waals surface area contributed by atoms with Crippen LogP contribution < -0.4 is 5.32 Å². The van der Waals surface area contributed by atoms with Crippen molar-refractivity contribution < 1.29 is 9.53 Å². The van der Waals surface area contributed by atoms with Crippen LogP contribution in [0.4, 0.5) is 4.79 Å². The first-order valence-corrected chi connectivity index (χ1v) is 12.9. The third-order valence-electron chi connectivity index (χ3n) is 8.03. The van der Waals surface area contributed by atoms with E-state index in [9.17, 15) is 4.79 Å². The lowest BCUT2D eigenvalue weighted by Crippen LogP contribution is -2.59. The van der Waals surface area contributed by atoms with Crippen molar-refractivity contribution >= 4 is 17.1 Å². The van der Waals surface area contributed by atoms with Crippen LogP contribution in [0.15, 0.2) is 30.6 Å². The average Bonchev–Trinajstić information content (AvgIpc) is 3.52. The largest absolute Gasteiger partial charge is 0.377 e. The number of aryl methyl sites for hydroxylation is 1. The Balaban J connectivity index is 1.36. The molecule has 184 valence electrons. The van der Waals surface area contributed by atoms with E-state index in [0.717, 1.165) is 37.1 Å². The minimum absolute atomic E-state index is 0.135. The molecule has 3 aromatic rings. The quantitative estimate of drug-likeness (QED) is 0.573. The second-order valence-corrected chi connectivity index (χ2v) is 10.9. The van der Waals surface area contributed by atoms with Crippen molar-refractivity contribution in [1.82, 2.24) is 25.1 Å². The van der Waals surface area contributed by atoms with Crippen molar-refractivity contribution in [3.8, 4) is 11.1 Å². The third-order valence-corrected chi connectivity index (χ3v) is 8.03. The standard InChI is InChI=1S/C28H35N5O2/c1-18-14-30-26-22(18)13-21(15-31-26)20-11-19-6-8-32(27(34)33-9-10-35-17-28(33,2)3)16-24(19)23(12-20)25-5-4-7-29-25/h11-15,25,29H,4-10,16-17H2,1-3H3,(H,30,31). The fourth-order valence-corrected chi connectivity index (χ4v) is 5.96. The number of benzene rings is 1. The van der Waals surface area contributed by atoms with E-state index < -0.39 is 0 Å². The van der Waals surface area contributed by atoms with Gasteiger partial charge in [0.2, 0.25) is 0 Å². The minimum Gasteiger partial charge on any atom is -0.377 e. The fourth-order valence-electron chi connectivity index (χ4n) is 5.96. The maximum absolute atomic E-state index is 13.6. The normalized spacial score (nSPS) is 22.0. The summed E-state index contributed by atoms with van der Waals surface area (Å²) in [5.74, 6) is 0. The number of ether oxygens (including phenoxy) is 1. The van der Waals surface area contributed by atoms with Crippen LogP contribution in [0.5, 0.6) is 0 Å². The van der Waals surface area contributed by atoms with E-state index >= 15 is 0 Å². The first kappa shape index (κ1) is 22.6. The van der Waals surface area contributed by atoms with Gasteiger partial charge in [0.15, 0.2) is 0 Å². The second kappa shape index (κ2) is 8.64. The Bertz CT molecular complexity index is 1270. The summed E-state index contributed by atoms with van der Waals surface area (Å²) in [5.41, 5.74) is 8.27. The van der Waals surface area contributed by atoms with Crippen molar-refractivity contribution in [3.63, 3.8) is 0 Å². The lowest BCUT2D eigenvalue weighted by Gasteiger charge is -2.45. The number of carbonyl (C=O) groups excluding carboxylic acids is 1. The lowest BCUT2D eigenvalue weighted by atomic mass is 9.87. The average molecular weight is 474 g/mol. The smallest absolute Gasteiger partial charge is 0.320 e.